The summed E-state index contributed by atoms with van der Waals surface area (Å²) in [6.45, 7) is 1.68. The molecule has 0 bridgehead atoms. The van der Waals surface area contributed by atoms with Gasteiger partial charge in [0.05, 0.1) is 6.54 Å². The van der Waals surface area contributed by atoms with Crippen LogP contribution in [-0.4, -0.2) is 18.4 Å². The molecule has 0 aliphatic rings. The van der Waals surface area contributed by atoms with Crippen molar-refractivity contribution < 1.29 is 14.0 Å². The molecule has 22 heavy (non-hydrogen) atoms. The zero-order valence-electron chi connectivity index (χ0n) is 11.8. The number of amides is 2. The lowest BCUT2D eigenvalue weighted by Gasteiger charge is -2.09. The minimum atomic E-state index is -0.498. The molecule has 0 aromatic heterocycles. The van der Waals surface area contributed by atoms with Crippen LogP contribution in [0.25, 0.3) is 0 Å². The molecule has 0 spiro atoms. The average molecular weight is 365 g/mol. The Labute approximate surface area is 135 Å². The molecule has 6 heteroatoms. The molecule has 0 radical (unpaired) electrons. The zero-order chi connectivity index (χ0) is 16.1. The average Bonchev–Trinajstić information content (AvgIpc) is 2.47. The van der Waals surface area contributed by atoms with E-state index in [2.05, 4.69) is 26.6 Å². The van der Waals surface area contributed by atoms with Crippen molar-refractivity contribution in [3.63, 3.8) is 0 Å². The van der Waals surface area contributed by atoms with E-state index in [-0.39, 0.29) is 18.0 Å². The molecule has 0 saturated carbocycles. The van der Waals surface area contributed by atoms with Crippen LogP contribution in [0, 0.1) is 12.7 Å². The van der Waals surface area contributed by atoms with Crippen molar-refractivity contribution in [2.75, 3.05) is 11.9 Å². The van der Waals surface area contributed by atoms with Crippen LogP contribution in [0.2, 0.25) is 0 Å². The summed E-state index contributed by atoms with van der Waals surface area (Å²) >= 11 is 3.34. The Morgan fingerprint density at radius 1 is 1.18 bits per heavy atom. The molecule has 2 rings (SSSR count). The van der Waals surface area contributed by atoms with Gasteiger partial charge in [0.15, 0.2) is 0 Å². The van der Waals surface area contributed by atoms with Crippen molar-refractivity contribution in [2.45, 2.75) is 6.92 Å². The first kappa shape index (κ1) is 16.2. The second kappa shape index (κ2) is 7.17. The number of carbonyl (C=O) groups is 2. The van der Waals surface area contributed by atoms with Gasteiger partial charge in [-0.2, -0.15) is 0 Å². The Bertz CT molecular complexity index is 719. The smallest absolute Gasteiger partial charge is 0.251 e. The molecule has 0 heterocycles. The Balaban J connectivity index is 1.91. The van der Waals surface area contributed by atoms with Gasteiger partial charge in [0.1, 0.15) is 5.82 Å². The lowest BCUT2D eigenvalue weighted by molar-refractivity contribution is -0.115. The molecule has 4 nitrogen and oxygen atoms in total. The van der Waals surface area contributed by atoms with E-state index in [1.54, 1.807) is 6.07 Å². The maximum Gasteiger partial charge on any atom is 0.251 e. The van der Waals surface area contributed by atoms with Crippen molar-refractivity contribution in [3.05, 3.63) is 63.9 Å². The molecule has 0 aliphatic heterocycles. The number of hydrogen-bond acceptors (Lipinski definition) is 2. The summed E-state index contributed by atoms with van der Waals surface area (Å²) in [5, 5.41) is 5.16. The predicted octanol–water partition coefficient (Wildman–Crippen LogP) is 3.27. The molecule has 2 aromatic rings. The van der Waals surface area contributed by atoms with Crippen molar-refractivity contribution in [2.24, 2.45) is 0 Å². The van der Waals surface area contributed by atoms with Crippen molar-refractivity contribution in [3.8, 4) is 0 Å². The quantitative estimate of drug-likeness (QED) is 0.874. The molecule has 2 aromatic carbocycles. The number of nitrogens with one attached hydrogen (secondary N) is 2. The molecule has 0 saturated heterocycles. The summed E-state index contributed by atoms with van der Waals surface area (Å²) in [7, 11) is 0. The van der Waals surface area contributed by atoms with E-state index in [0.29, 0.717) is 5.69 Å². The standard InChI is InChI=1S/C16H14BrFN2O2/c1-10-7-12(17)5-6-14(10)20-15(21)9-19-16(22)11-3-2-4-13(18)8-11/h2-8H,9H2,1H3,(H,19,22)(H,20,21). The lowest BCUT2D eigenvalue weighted by Crippen LogP contribution is -2.33. The third kappa shape index (κ3) is 4.39. The number of hydrogen-bond donors (Lipinski definition) is 2. The highest BCUT2D eigenvalue weighted by atomic mass is 79.9. The van der Waals surface area contributed by atoms with Crippen LogP contribution in [0.3, 0.4) is 0 Å². The van der Waals surface area contributed by atoms with Gasteiger partial charge in [-0.05, 0) is 48.9 Å². The van der Waals surface area contributed by atoms with Crippen LogP contribution in [-0.2, 0) is 4.79 Å². The fraction of sp³-hybridized carbons (Fsp3) is 0.125. The first-order chi connectivity index (χ1) is 10.5. The number of benzene rings is 2. The van der Waals surface area contributed by atoms with Gasteiger partial charge in [0.2, 0.25) is 5.91 Å². The molecule has 2 amide bonds. The monoisotopic (exact) mass is 364 g/mol. The van der Waals surface area contributed by atoms with Gasteiger partial charge < -0.3 is 10.6 Å². The van der Waals surface area contributed by atoms with Crippen LogP contribution in [0.1, 0.15) is 15.9 Å². The van der Waals surface area contributed by atoms with E-state index in [1.807, 2.05) is 19.1 Å². The maximum atomic E-state index is 13.0. The van der Waals surface area contributed by atoms with E-state index in [4.69, 9.17) is 0 Å². The van der Waals surface area contributed by atoms with Gasteiger partial charge in [-0.25, -0.2) is 4.39 Å². The number of aryl methyl sites for hydroxylation is 1. The zero-order valence-corrected chi connectivity index (χ0v) is 13.4. The molecule has 0 fully saturated rings. The fourth-order valence-electron chi connectivity index (χ4n) is 1.85. The number of anilines is 1. The largest absolute Gasteiger partial charge is 0.343 e. The minimum Gasteiger partial charge on any atom is -0.343 e. The van der Waals surface area contributed by atoms with Crippen LogP contribution in [0.15, 0.2) is 46.9 Å². The van der Waals surface area contributed by atoms with Crippen LogP contribution >= 0.6 is 15.9 Å². The maximum absolute atomic E-state index is 13.0. The van der Waals surface area contributed by atoms with E-state index in [9.17, 15) is 14.0 Å². The lowest BCUT2D eigenvalue weighted by atomic mass is 10.2. The molecule has 114 valence electrons. The summed E-state index contributed by atoms with van der Waals surface area (Å²) < 4.78 is 13.9. The Hall–Kier alpha value is -2.21. The van der Waals surface area contributed by atoms with Crippen molar-refractivity contribution in [1.82, 2.24) is 5.32 Å². The summed E-state index contributed by atoms with van der Waals surface area (Å²) in [5.41, 5.74) is 1.75. The minimum absolute atomic E-state index is 0.174. The van der Waals surface area contributed by atoms with Crippen LogP contribution < -0.4 is 10.6 Å². The normalized spacial score (nSPS) is 10.1. The van der Waals surface area contributed by atoms with Crippen molar-refractivity contribution in [1.29, 1.82) is 0 Å². The SMILES string of the molecule is Cc1cc(Br)ccc1NC(=O)CNC(=O)c1cccc(F)c1. The Morgan fingerprint density at radius 3 is 2.64 bits per heavy atom. The molecule has 0 atom stereocenters. The summed E-state index contributed by atoms with van der Waals surface area (Å²) in [6.07, 6.45) is 0. The molecule has 0 unspecified atom stereocenters. The Morgan fingerprint density at radius 2 is 1.95 bits per heavy atom. The molecular formula is C16H14BrFN2O2. The second-order valence-electron chi connectivity index (χ2n) is 4.70. The van der Waals surface area contributed by atoms with E-state index in [1.165, 1.54) is 18.2 Å². The highest BCUT2D eigenvalue weighted by Gasteiger charge is 2.09. The first-order valence-corrected chi connectivity index (χ1v) is 7.35. The van der Waals surface area contributed by atoms with E-state index >= 15 is 0 Å². The Kier molecular flexibility index (Phi) is 5.27. The number of rotatable bonds is 4. The molecule has 0 aliphatic carbocycles. The van der Waals surface area contributed by atoms with Gasteiger partial charge in [-0.3, -0.25) is 9.59 Å². The summed E-state index contributed by atoms with van der Waals surface area (Å²) in [6, 6.07) is 10.7. The fourth-order valence-corrected chi connectivity index (χ4v) is 2.33. The molecular weight excluding hydrogens is 351 g/mol. The van der Waals surface area contributed by atoms with Gasteiger partial charge >= 0.3 is 0 Å². The highest BCUT2D eigenvalue weighted by molar-refractivity contribution is 9.10. The van der Waals surface area contributed by atoms with Gasteiger partial charge in [-0.15, -0.1) is 0 Å². The number of halogens is 2. The van der Waals surface area contributed by atoms with Gasteiger partial charge in [0, 0.05) is 15.7 Å². The first-order valence-electron chi connectivity index (χ1n) is 6.55. The third-order valence-electron chi connectivity index (χ3n) is 2.96. The van der Waals surface area contributed by atoms with Crippen LogP contribution in [0.4, 0.5) is 10.1 Å². The second-order valence-corrected chi connectivity index (χ2v) is 5.62. The van der Waals surface area contributed by atoms with E-state index < -0.39 is 11.7 Å². The van der Waals surface area contributed by atoms with Crippen LogP contribution in [0.5, 0.6) is 0 Å². The summed E-state index contributed by atoms with van der Waals surface area (Å²) in [4.78, 5) is 23.6. The van der Waals surface area contributed by atoms with E-state index in [0.717, 1.165) is 16.1 Å². The highest BCUT2D eigenvalue weighted by Crippen LogP contribution is 2.19. The molecule has 2 N–H and O–H groups in total. The third-order valence-corrected chi connectivity index (χ3v) is 3.45. The van der Waals surface area contributed by atoms with Gasteiger partial charge in [0.25, 0.3) is 5.91 Å². The topological polar surface area (TPSA) is 58.2 Å². The number of carbonyl (C=O) groups excluding carboxylic acids is 2. The predicted molar refractivity (Wildman–Crippen MR) is 86.2 cm³/mol. The summed E-state index contributed by atoms with van der Waals surface area (Å²) in [5.74, 6) is -1.35. The van der Waals surface area contributed by atoms with Gasteiger partial charge in [-0.1, -0.05) is 22.0 Å². The van der Waals surface area contributed by atoms with Crippen molar-refractivity contribution >= 4 is 33.4 Å².